The number of carbonyl (C=O) groups excluding carboxylic acids is 1. The molecule has 0 N–H and O–H groups in total. The molecule has 0 aliphatic rings. The molecule has 1 aromatic heterocycles. The third-order valence-electron chi connectivity index (χ3n) is 1.92. The van der Waals surface area contributed by atoms with E-state index in [-0.39, 0.29) is 5.89 Å². The number of rotatable bonds is 5. The van der Waals surface area contributed by atoms with Crippen LogP contribution in [-0.4, -0.2) is 47.6 Å². The predicted octanol–water partition coefficient (Wildman–Crippen LogP) is 0.848. The maximum atomic E-state index is 11.9. The summed E-state index contributed by atoms with van der Waals surface area (Å²) in [6, 6.07) is 0. The van der Waals surface area contributed by atoms with Gasteiger partial charge in [0.1, 0.15) is 0 Å². The molecule has 0 fully saturated rings. The average Bonchev–Trinajstić information content (AvgIpc) is 2.61. The Morgan fingerprint density at radius 1 is 1.41 bits per heavy atom. The molecule has 1 heterocycles. The molecular formula is C9H12F3N3O2. The molecule has 0 spiro atoms. The SMILES string of the molecule is CN(C)CCc1noc(CC(=O)C(F)(F)F)n1. The fraction of sp³-hybridized carbons (Fsp3) is 0.667. The number of hydrogen-bond donors (Lipinski definition) is 0. The Labute approximate surface area is 95.6 Å². The lowest BCUT2D eigenvalue weighted by atomic mass is 10.3. The number of aromatic nitrogens is 2. The number of hydrogen-bond acceptors (Lipinski definition) is 5. The van der Waals surface area contributed by atoms with Crippen LogP contribution in [0.25, 0.3) is 0 Å². The summed E-state index contributed by atoms with van der Waals surface area (Å²) < 4.78 is 40.4. The first-order chi connectivity index (χ1) is 7.79. The van der Waals surface area contributed by atoms with Crippen molar-refractivity contribution in [2.45, 2.75) is 19.0 Å². The summed E-state index contributed by atoms with van der Waals surface area (Å²) in [5.74, 6) is -1.90. The zero-order valence-electron chi connectivity index (χ0n) is 9.41. The molecule has 5 nitrogen and oxygen atoms in total. The highest BCUT2D eigenvalue weighted by molar-refractivity contribution is 5.85. The van der Waals surface area contributed by atoms with E-state index in [1.54, 1.807) is 0 Å². The van der Waals surface area contributed by atoms with Crippen molar-refractivity contribution in [2.75, 3.05) is 20.6 Å². The summed E-state index contributed by atoms with van der Waals surface area (Å²) in [6.07, 6.45) is -5.31. The van der Waals surface area contributed by atoms with Crippen LogP contribution in [0.5, 0.6) is 0 Å². The summed E-state index contributed by atoms with van der Waals surface area (Å²) in [6.45, 7) is 0.645. The van der Waals surface area contributed by atoms with Crippen LogP contribution in [0, 0.1) is 0 Å². The van der Waals surface area contributed by atoms with Gasteiger partial charge < -0.3 is 9.42 Å². The van der Waals surface area contributed by atoms with E-state index >= 15 is 0 Å². The smallest absolute Gasteiger partial charge is 0.339 e. The molecule has 0 radical (unpaired) electrons. The topological polar surface area (TPSA) is 59.2 Å². The first-order valence-electron chi connectivity index (χ1n) is 4.85. The van der Waals surface area contributed by atoms with Crippen molar-refractivity contribution in [3.05, 3.63) is 11.7 Å². The molecule has 0 aliphatic heterocycles. The molecule has 0 aliphatic carbocycles. The Balaban J connectivity index is 2.54. The summed E-state index contributed by atoms with van der Waals surface area (Å²) in [4.78, 5) is 16.2. The van der Waals surface area contributed by atoms with Crippen LogP contribution < -0.4 is 0 Å². The molecule has 0 unspecified atom stereocenters. The molecule has 17 heavy (non-hydrogen) atoms. The van der Waals surface area contributed by atoms with Gasteiger partial charge in [-0.05, 0) is 14.1 Å². The number of Topliss-reactive ketones (excluding diaryl/α,β-unsaturated/α-hetero) is 1. The van der Waals surface area contributed by atoms with Gasteiger partial charge >= 0.3 is 6.18 Å². The molecule has 0 saturated heterocycles. The van der Waals surface area contributed by atoms with Crippen LogP contribution in [0.4, 0.5) is 13.2 Å². The van der Waals surface area contributed by atoms with Crippen LogP contribution >= 0.6 is 0 Å². The molecule has 1 rings (SSSR count). The van der Waals surface area contributed by atoms with Gasteiger partial charge in [-0.2, -0.15) is 18.2 Å². The van der Waals surface area contributed by atoms with Gasteiger partial charge in [0.15, 0.2) is 5.82 Å². The second-order valence-corrected chi connectivity index (χ2v) is 3.76. The Kier molecular flexibility index (Phi) is 4.22. The molecule has 0 bridgehead atoms. The van der Waals surface area contributed by atoms with Crippen molar-refractivity contribution < 1.29 is 22.5 Å². The molecule has 0 amide bonds. The summed E-state index contributed by atoms with van der Waals surface area (Å²) >= 11 is 0. The van der Waals surface area contributed by atoms with E-state index in [0.717, 1.165) is 0 Å². The van der Waals surface area contributed by atoms with E-state index in [9.17, 15) is 18.0 Å². The fourth-order valence-corrected chi connectivity index (χ4v) is 1.02. The fourth-order valence-electron chi connectivity index (χ4n) is 1.02. The molecule has 0 saturated carbocycles. The molecule has 0 atom stereocenters. The van der Waals surface area contributed by atoms with Crippen LogP contribution in [0.15, 0.2) is 4.52 Å². The predicted molar refractivity (Wildman–Crippen MR) is 51.3 cm³/mol. The highest BCUT2D eigenvalue weighted by atomic mass is 19.4. The van der Waals surface area contributed by atoms with Crippen LogP contribution in [0.1, 0.15) is 11.7 Å². The van der Waals surface area contributed by atoms with Gasteiger partial charge in [0, 0.05) is 13.0 Å². The van der Waals surface area contributed by atoms with Gasteiger partial charge in [-0.1, -0.05) is 5.16 Å². The van der Waals surface area contributed by atoms with Crippen LogP contribution in [0.3, 0.4) is 0 Å². The first-order valence-corrected chi connectivity index (χ1v) is 4.85. The van der Waals surface area contributed by atoms with Crippen molar-refractivity contribution in [3.63, 3.8) is 0 Å². The van der Waals surface area contributed by atoms with Crippen molar-refractivity contribution in [2.24, 2.45) is 0 Å². The van der Waals surface area contributed by atoms with E-state index in [0.29, 0.717) is 18.8 Å². The molecule has 0 aromatic carbocycles. The normalized spacial score (nSPS) is 12.1. The van der Waals surface area contributed by atoms with E-state index in [1.807, 2.05) is 19.0 Å². The minimum Gasteiger partial charge on any atom is -0.339 e. The van der Waals surface area contributed by atoms with E-state index in [1.165, 1.54) is 0 Å². The Hall–Kier alpha value is -1.44. The molecule has 8 heteroatoms. The summed E-state index contributed by atoms with van der Waals surface area (Å²) in [5, 5.41) is 3.49. The second kappa shape index (κ2) is 5.26. The van der Waals surface area contributed by atoms with E-state index in [2.05, 4.69) is 14.7 Å². The lowest BCUT2D eigenvalue weighted by Crippen LogP contribution is -2.24. The number of likely N-dealkylation sites (N-methyl/N-ethyl adjacent to an activating group) is 1. The second-order valence-electron chi connectivity index (χ2n) is 3.76. The zero-order valence-corrected chi connectivity index (χ0v) is 9.41. The van der Waals surface area contributed by atoms with Crippen molar-refractivity contribution >= 4 is 5.78 Å². The third-order valence-corrected chi connectivity index (χ3v) is 1.92. The Morgan fingerprint density at radius 3 is 2.59 bits per heavy atom. The van der Waals surface area contributed by atoms with Gasteiger partial charge in [-0.25, -0.2) is 0 Å². The average molecular weight is 251 g/mol. The van der Waals surface area contributed by atoms with Crippen molar-refractivity contribution in [1.82, 2.24) is 15.0 Å². The number of alkyl halides is 3. The highest BCUT2D eigenvalue weighted by Crippen LogP contribution is 2.18. The number of carbonyl (C=O) groups is 1. The van der Waals surface area contributed by atoms with Gasteiger partial charge in [-0.3, -0.25) is 4.79 Å². The number of halogens is 3. The van der Waals surface area contributed by atoms with Crippen LogP contribution in [-0.2, 0) is 17.6 Å². The van der Waals surface area contributed by atoms with Gasteiger partial charge in [-0.15, -0.1) is 0 Å². The van der Waals surface area contributed by atoms with Gasteiger partial charge in [0.25, 0.3) is 0 Å². The molecule has 1 aromatic rings. The van der Waals surface area contributed by atoms with E-state index < -0.39 is 18.4 Å². The van der Waals surface area contributed by atoms with Gasteiger partial charge in [0.2, 0.25) is 11.7 Å². The summed E-state index contributed by atoms with van der Waals surface area (Å²) in [7, 11) is 3.68. The third kappa shape index (κ3) is 4.51. The minimum atomic E-state index is -4.86. The molecule has 96 valence electrons. The molecular weight excluding hydrogens is 239 g/mol. The van der Waals surface area contributed by atoms with Crippen molar-refractivity contribution in [1.29, 1.82) is 0 Å². The van der Waals surface area contributed by atoms with Crippen molar-refractivity contribution in [3.8, 4) is 0 Å². The Morgan fingerprint density at radius 2 is 2.06 bits per heavy atom. The largest absolute Gasteiger partial charge is 0.450 e. The van der Waals surface area contributed by atoms with E-state index in [4.69, 9.17) is 0 Å². The monoisotopic (exact) mass is 251 g/mol. The quantitative estimate of drug-likeness (QED) is 0.776. The van der Waals surface area contributed by atoms with Crippen LogP contribution in [0.2, 0.25) is 0 Å². The Bertz CT molecular complexity index is 387. The maximum Gasteiger partial charge on any atom is 0.450 e. The maximum absolute atomic E-state index is 11.9. The lowest BCUT2D eigenvalue weighted by Gasteiger charge is -2.05. The van der Waals surface area contributed by atoms with Gasteiger partial charge in [0.05, 0.1) is 6.42 Å². The zero-order chi connectivity index (χ0) is 13.1. The summed E-state index contributed by atoms with van der Waals surface area (Å²) in [5.41, 5.74) is 0. The lowest BCUT2D eigenvalue weighted by molar-refractivity contribution is -0.170. The first kappa shape index (κ1) is 13.6. The standard InChI is InChI=1S/C9H12F3N3O2/c1-15(2)4-3-7-13-8(17-14-7)5-6(16)9(10,11)12/h3-5H2,1-2H3. The minimum absolute atomic E-state index is 0.295. The number of ketones is 1. The highest BCUT2D eigenvalue weighted by Gasteiger charge is 2.39. The number of nitrogens with zero attached hydrogens (tertiary/aromatic N) is 3.